The van der Waals surface area contributed by atoms with E-state index in [0.29, 0.717) is 22.0 Å². The summed E-state index contributed by atoms with van der Waals surface area (Å²) in [4.78, 5) is 13.4. The van der Waals surface area contributed by atoms with E-state index in [-0.39, 0.29) is 11.8 Å². The van der Waals surface area contributed by atoms with Crippen molar-refractivity contribution in [2.24, 2.45) is 0 Å². The fourth-order valence-corrected chi connectivity index (χ4v) is 3.11. The van der Waals surface area contributed by atoms with E-state index in [4.69, 9.17) is 4.74 Å². The topological polar surface area (TPSA) is 61.8 Å². The van der Waals surface area contributed by atoms with Gasteiger partial charge in [-0.15, -0.1) is 0 Å². The summed E-state index contributed by atoms with van der Waals surface area (Å²) in [5.41, 5.74) is 0.588. The van der Waals surface area contributed by atoms with Crippen LogP contribution in [0.2, 0.25) is 0 Å². The third-order valence-corrected chi connectivity index (χ3v) is 4.17. The summed E-state index contributed by atoms with van der Waals surface area (Å²) in [6.45, 7) is 7.67. The molecule has 0 fully saturated rings. The van der Waals surface area contributed by atoms with Crippen molar-refractivity contribution in [3.05, 3.63) is 26.6 Å². The van der Waals surface area contributed by atoms with Gasteiger partial charge >= 0.3 is 6.09 Å². The molecule has 7 heteroatoms. The summed E-state index contributed by atoms with van der Waals surface area (Å²) < 4.78 is 6.62. The largest absolute Gasteiger partial charge is 0.506 e. The summed E-state index contributed by atoms with van der Waals surface area (Å²) in [5.74, 6) is 0.202. The van der Waals surface area contributed by atoms with Gasteiger partial charge in [0.05, 0.1) is 8.95 Å². The van der Waals surface area contributed by atoms with E-state index >= 15 is 0 Å². The van der Waals surface area contributed by atoms with Gasteiger partial charge in [0.1, 0.15) is 11.4 Å². The van der Waals surface area contributed by atoms with Crippen molar-refractivity contribution >= 4 is 38.0 Å². The molecule has 0 aromatic heterocycles. The van der Waals surface area contributed by atoms with E-state index in [9.17, 15) is 9.90 Å². The molecule has 1 rings (SSSR count). The van der Waals surface area contributed by atoms with Gasteiger partial charge in [0.25, 0.3) is 0 Å². The maximum Gasteiger partial charge on any atom is 0.410 e. The van der Waals surface area contributed by atoms with Crippen LogP contribution in [0.4, 0.5) is 4.79 Å². The number of carbonyl (C=O) groups is 1. The van der Waals surface area contributed by atoms with Crippen molar-refractivity contribution in [2.45, 2.75) is 39.3 Å². The minimum atomic E-state index is -0.469. The zero-order chi connectivity index (χ0) is 17.6. The standard InChI is InChI=1S/C16H24Br2N2O3/c1-16(2,3)23-15(22)20(4)7-5-6-19-10-11-8-12(17)14(21)13(18)9-11/h8-9,19,21H,5-7,10H2,1-4H3. The Bertz CT molecular complexity index is 522. The zero-order valence-corrected chi connectivity index (χ0v) is 17.1. The number of nitrogens with zero attached hydrogens (tertiary/aromatic N) is 1. The van der Waals surface area contributed by atoms with Crippen LogP contribution in [0.5, 0.6) is 5.75 Å². The normalized spacial score (nSPS) is 11.4. The summed E-state index contributed by atoms with van der Waals surface area (Å²) in [6, 6.07) is 3.75. The van der Waals surface area contributed by atoms with Crippen LogP contribution in [0.25, 0.3) is 0 Å². The number of amides is 1. The minimum absolute atomic E-state index is 0.202. The lowest BCUT2D eigenvalue weighted by molar-refractivity contribution is 0.0297. The number of benzene rings is 1. The van der Waals surface area contributed by atoms with E-state index in [0.717, 1.165) is 18.5 Å². The van der Waals surface area contributed by atoms with Crippen LogP contribution in [0.1, 0.15) is 32.8 Å². The van der Waals surface area contributed by atoms with Gasteiger partial charge in [-0.2, -0.15) is 0 Å². The molecule has 0 radical (unpaired) electrons. The Morgan fingerprint density at radius 2 is 1.87 bits per heavy atom. The molecule has 0 saturated carbocycles. The Labute approximate surface area is 154 Å². The van der Waals surface area contributed by atoms with Gasteiger partial charge in [0.15, 0.2) is 0 Å². The summed E-state index contributed by atoms with van der Waals surface area (Å²) in [7, 11) is 1.74. The fraction of sp³-hybridized carbons (Fsp3) is 0.562. The molecule has 0 heterocycles. The second-order valence-electron chi connectivity index (χ2n) is 6.34. The maximum atomic E-state index is 11.8. The molecule has 2 N–H and O–H groups in total. The van der Waals surface area contributed by atoms with Crippen LogP contribution in [0.3, 0.4) is 0 Å². The third-order valence-electron chi connectivity index (χ3n) is 2.96. The van der Waals surface area contributed by atoms with Crippen LogP contribution in [-0.2, 0) is 11.3 Å². The van der Waals surface area contributed by atoms with Gasteiger partial charge in [0.2, 0.25) is 0 Å². The first-order valence-electron chi connectivity index (χ1n) is 7.42. The summed E-state index contributed by atoms with van der Waals surface area (Å²) >= 11 is 6.63. The number of hydrogen-bond acceptors (Lipinski definition) is 4. The Kier molecular flexibility index (Phi) is 7.83. The van der Waals surface area contributed by atoms with Crippen molar-refractivity contribution in [2.75, 3.05) is 20.1 Å². The number of hydrogen-bond donors (Lipinski definition) is 2. The molecule has 0 atom stereocenters. The predicted molar refractivity (Wildman–Crippen MR) is 98.7 cm³/mol. The lowest BCUT2D eigenvalue weighted by Crippen LogP contribution is -2.35. The average Bonchev–Trinajstić information content (AvgIpc) is 2.42. The highest BCUT2D eigenvalue weighted by Gasteiger charge is 2.18. The van der Waals surface area contributed by atoms with E-state index in [1.165, 1.54) is 0 Å². The molecule has 1 amide bonds. The number of halogens is 2. The zero-order valence-electron chi connectivity index (χ0n) is 13.9. The van der Waals surface area contributed by atoms with Crippen molar-refractivity contribution in [3.8, 4) is 5.75 Å². The van der Waals surface area contributed by atoms with E-state index in [1.807, 2.05) is 32.9 Å². The monoisotopic (exact) mass is 450 g/mol. The molecule has 0 bridgehead atoms. The number of carbonyl (C=O) groups excluding carboxylic acids is 1. The molecular weight excluding hydrogens is 428 g/mol. The van der Waals surface area contributed by atoms with E-state index in [2.05, 4.69) is 37.2 Å². The molecule has 1 aromatic carbocycles. The smallest absolute Gasteiger partial charge is 0.410 e. The van der Waals surface area contributed by atoms with Crippen LogP contribution < -0.4 is 5.32 Å². The number of aromatic hydroxyl groups is 1. The molecule has 5 nitrogen and oxygen atoms in total. The Morgan fingerprint density at radius 3 is 2.39 bits per heavy atom. The first-order valence-corrected chi connectivity index (χ1v) is 9.00. The Hall–Kier alpha value is -0.790. The Morgan fingerprint density at radius 1 is 1.30 bits per heavy atom. The first kappa shape index (κ1) is 20.3. The third kappa shape index (κ3) is 7.54. The molecule has 0 unspecified atom stereocenters. The van der Waals surface area contributed by atoms with Crippen LogP contribution >= 0.6 is 31.9 Å². The minimum Gasteiger partial charge on any atom is -0.506 e. The second kappa shape index (κ2) is 8.89. The number of phenols is 1. The van der Waals surface area contributed by atoms with Gasteiger partial charge < -0.3 is 20.1 Å². The number of rotatable bonds is 6. The lowest BCUT2D eigenvalue weighted by Gasteiger charge is -2.24. The lowest BCUT2D eigenvalue weighted by atomic mass is 10.2. The fourth-order valence-electron chi connectivity index (χ4n) is 1.83. The maximum absolute atomic E-state index is 11.8. The van der Waals surface area contributed by atoms with Crippen molar-refractivity contribution < 1.29 is 14.6 Å². The molecule has 0 aliphatic heterocycles. The van der Waals surface area contributed by atoms with Gasteiger partial charge in [-0.3, -0.25) is 0 Å². The quantitative estimate of drug-likeness (QED) is 0.634. The molecule has 0 spiro atoms. The second-order valence-corrected chi connectivity index (χ2v) is 8.05. The molecule has 0 aliphatic carbocycles. The van der Waals surface area contributed by atoms with Gasteiger partial charge in [0, 0.05) is 20.1 Å². The summed E-state index contributed by atoms with van der Waals surface area (Å²) in [6.07, 6.45) is 0.528. The number of phenolic OH excluding ortho intramolecular Hbond substituents is 1. The van der Waals surface area contributed by atoms with E-state index in [1.54, 1.807) is 11.9 Å². The highest BCUT2D eigenvalue weighted by atomic mass is 79.9. The van der Waals surface area contributed by atoms with Gasteiger partial charge in [-0.25, -0.2) is 4.79 Å². The molecule has 130 valence electrons. The van der Waals surface area contributed by atoms with Gasteiger partial charge in [-0.1, -0.05) is 0 Å². The number of ether oxygens (including phenoxy) is 1. The first-order chi connectivity index (χ1) is 10.6. The SMILES string of the molecule is CN(CCCNCc1cc(Br)c(O)c(Br)c1)C(=O)OC(C)(C)C. The highest BCUT2D eigenvalue weighted by molar-refractivity contribution is 9.11. The predicted octanol–water partition coefficient (Wildman–Crippen LogP) is 4.26. The molecular formula is C16H24Br2N2O3. The van der Waals surface area contributed by atoms with Crippen molar-refractivity contribution in [3.63, 3.8) is 0 Å². The summed E-state index contributed by atoms with van der Waals surface area (Å²) in [5, 5.41) is 13.0. The molecule has 0 aliphatic rings. The Balaban J connectivity index is 2.29. The number of nitrogens with one attached hydrogen (secondary N) is 1. The van der Waals surface area contributed by atoms with Gasteiger partial charge in [-0.05, 0) is 83.3 Å². The molecule has 23 heavy (non-hydrogen) atoms. The highest BCUT2D eigenvalue weighted by Crippen LogP contribution is 2.33. The molecule has 0 saturated heterocycles. The average molecular weight is 452 g/mol. The van der Waals surface area contributed by atoms with Crippen LogP contribution in [0, 0.1) is 0 Å². The van der Waals surface area contributed by atoms with Crippen LogP contribution in [0.15, 0.2) is 21.1 Å². The van der Waals surface area contributed by atoms with Crippen molar-refractivity contribution in [1.82, 2.24) is 10.2 Å². The van der Waals surface area contributed by atoms with E-state index < -0.39 is 5.60 Å². The molecule has 1 aromatic rings. The van der Waals surface area contributed by atoms with Crippen molar-refractivity contribution in [1.29, 1.82) is 0 Å². The van der Waals surface area contributed by atoms with Crippen LogP contribution in [-0.4, -0.2) is 41.8 Å².